The lowest BCUT2D eigenvalue weighted by atomic mass is 10.1. The molecule has 1 aromatic heterocycles. The zero-order valence-corrected chi connectivity index (χ0v) is 13.3. The molecule has 106 valence electrons. The van der Waals surface area contributed by atoms with E-state index in [1.54, 1.807) is 4.68 Å². The minimum atomic E-state index is -0.156. The average molecular weight is 364 g/mol. The molecule has 0 aliphatic carbocycles. The molecule has 3 rings (SSSR count). The zero-order chi connectivity index (χ0) is 14.8. The minimum Gasteiger partial charge on any atom is -0.391 e. The Balaban J connectivity index is 2.16. The molecule has 3 nitrogen and oxygen atoms in total. The summed E-state index contributed by atoms with van der Waals surface area (Å²) in [5, 5.41) is 14.6. The summed E-state index contributed by atoms with van der Waals surface area (Å²) in [6, 6.07) is 17.4. The van der Waals surface area contributed by atoms with Gasteiger partial charge in [-0.15, -0.1) is 0 Å². The van der Waals surface area contributed by atoms with E-state index >= 15 is 0 Å². The van der Waals surface area contributed by atoms with Gasteiger partial charge in [-0.1, -0.05) is 57.9 Å². The normalized spacial score (nSPS) is 10.8. The van der Waals surface area contributed by atoms with Crippen molar-refractivity contribution in [3.8, 4) is 16.9 Å². The lowest BCUT2D eigenvalue weighted by Gasteiger charge is -2.02. The fourth-order valence-corrected chi connectivity index (χ4v) is 2.70. The minimum absolute atomic E-state index is 0.156. The molecule has 0 spiro atoms. The predicted molar refractivity (Wildman–Crippen MR) is 87.6 cm³/mol. The number of hydrogen-bond acceptors (Lipinski definition) is 2. The number of rotatable bonds is 3. The quantitative estimate of drug-likeness (QED) is 0.746. The van der Waals surface area contributed by atoms with Gasteiger partial charge in [0.15, 0.2) is 0 Å². The first-order valence-corrected chi connectivity index (χ1v) is 7.57. The van der Waals surface area contributed by atoms with E-state index in [-0.39, 0.29) is 6.61 Å². The third-order valence-electron chi connectivity index (χ3n) is 3.20. The van der Waals surface area contributed by atoms with Crippen LogP contribution in [0.4, 0.5) is 0 Å². The highest BCUT2D eigenvalue weighted by molar-refractivity contribution is 9.10. The summed E-state index contributed by atoms with van der Waals surface area (Å²) >= 11 is 9.79. The van der Waals surface area contributed by atoms with Crippen LogP contribution in [0.1, 0.15) is 5.56 Å². The van der Waals surface area contributed by atoms with E-state index in [0.717, 1.165) is 15.7 Å². The number of halogens is 2. The van der Waals surface area contributed by atoms with Crippen LogP contribution in [0.3, 0.4) is 0 Å². The van der Waals surface area contributed by atoms with E-state index in [4.69, 9.17) is 11.6 Å². The Bertz CT molecular complexity index is 754. The van der Waals surface area contributed by atoms with Gasteiger partial charge in [0.2, 0.25) is 0 Å². The third kappa shape index (κ3) is 2.75. The van der Waals surface area contributed by atoms with E-state index in [1.807, 2.05) is 54.6 Å². The Hall–Kier alpha value is -1.62. The number of aliphatic hydroxyl groups excluding tert-OH is 1. The smallest absolute Gasteiger partial charge is 0.139 e. The molecule has 21 heavy (non-hydrogen) atoms. The summed E-state index contributed by atoms with van der Waals surface area (Å²) in [4.78, 5) is 0. The van der Waals surface area contributed by atoms with Gasteiger partial charge in [-0.05, 0) is 24.3 Å². The van der Waals surface area contributed by atoms with Crippen LogP contribution in [0.15, 0.2) is 59.1 Å². The number of aromatic nitrogens is 2. The SMILES string of the molecule is OCc1c(-c2ccc(Br)cc2)nn(-c2ccccc2)c1Cl. The number of para-hydroxylation sites is 1. The lowest BCUT2D eigenvalue weighted by molar-refractivity contribution is 0.282. The van der Waals surface area contributed by atoms with Crippen molar-refractivity contribution in [2.24, 2.45) is 0 Å². The van der Waals surface area contributed by atoms with Crippen LogP contribution >= 0.6 is 27.5 Å². The molecule has 5 heteroatoms. The Morgan fingerprint density at radius 1 is 1.05 bits per heavy atom. The summed E-state index contributed by atoms with van der Waals surface area (Å²) in [5.74, 6) is 0. The maximum absolute atomic E-state index is 9.63. The first-order chi connectivity index (χ1) is 10.2. The molecule has 0 fully saturated rings. The van der Waals surface area contributed by atoms with Crippen molar-refractivity contribution in [2.45, 2.75) is 6.61 Å². The van der Waals surface area contributed by atoms with E-state index in [9.17, 15) is 5.11 Å². The highest BCUT2D eigenvalue weighted by atomic mass is 79.9. The van der Waals surface area contributed by atoms with Crippen LogP contribution in [0, 0.1) is 0 Å². The molecule has 0 aliphatic heterocycles. The second-order valence-corrected chi connectivity index (χ2v) is 5.80. The van der Waals surface area contributed by atoms with Crippen LogP contribution in [0.2, 0.25) is 5.15 Å². The van der Waals surface area contributed by atoms with Gasteiger partial charge in [-0.2, -0.15) is 5.10 Å². The average Bonchev–Trinajstić information content (AvgIpc) is 2.85. The summed E-state index contributed by atoms with van der Waals surface area (Å²) in [5.41, 5.74) is 3.10. The Labute approximate surface area is 135 Å². The molecular formula is C16H12BrClN2O. The largest absolute Gasteiger partial charge is 0.391 e. The summed E-state index contributed by atoms with van der Waals surface area (Å²) in [6.45, 7) is -0.156. The van der Waals surface area contributed by atoms with Gasteiger partial charge in [0.05, 0.1) is 18.0 Å². The fourth-order valence-electron chi connectivity index (χ4n) is 2.15. The topological polar surface area (TPSA) is 38.1 Å². The van der Waals surface area contributed by atoms with E-state index in [0.29, 0.717) is 16.4 Å². The van der Waals surface area contributed by atoms with E-state index < -0.39 is 0 Å². The zero-order valence-electron chi connectivity index (χ0n) is 11.0. The maximum atomic E-state index is 9.63. The van der Waals surface area contributed by atoms with Gasteiger partial charge in [0.1, 0.15) is 5.15 Å². The molecule has 1 N–H and O–H groups in total. The Morgan fingerprint density at radius 2 is 1.71 bits per heavy atom. The summed E-state index contributed by atoms with van der Waals surface area (Å²) < 4.78 is 2.63. The standard InChI is InChI=1S/C16H12BrClN2O/c17-12-8-6-11(7-9-12)15-14(10-21)16(18)20(19-15)13-4-2-1-3-5-13/h1-9,21H,10H2. The van der Waals surface area contributed by atoms with Crippen molar-refractivity contribution in [1.29, 1.82) is 0 Å². The molecule has 1 heterocycles. The summed E-state index contributed by atoms with van der Waals surface area (Å²) in [6.07, 6.45) is 0. The van der Waals surface area contributed by atoms with Crippen molar-refractivity contribution in [2.75, 3.05) is 0 Å². The molecule has 0 saturated heterocycles. The van der Waals surface area contributed by atoms with Gasteiger partial charge >= 0.3 is 0 Å². The van der Waals surface area contributed by atoms with Crippen LogP contribution in [-0.4, -0.2) is 14.9 Å². The Morgan fingerprint density at radius 3 is 2.33 bits per heavy atom. The van der Waals surface area contributed by atoms with Gasteiger partial charge in [0, 0.05) is 15.6 Å². The highest BCUT2D eigenvalue weighted by Gasteiger charge is 2.17. The second kappa shape index (κ2) is 6.02. The van der Waals surface area contributed by atoms with Crippen LogP contribution < -0.4 is 0 Å². The van der Waals surface area contributed by atoms with Gasteiger partial charge in [-0.3, -0.25) is 0 Å². The van der Waals surface area contributed by atoms with Crippen LogP contribution in [0.5, 0.6) is 0 Å². The third-order valence-corrected chi connectivity index (χ3v) is 4.11. The molecule has 0 aliphatic rings. The van der Waals surface area contributed by atoms with Gasteiger partial charge in [0.25, 0.3) is 0 Å². The van der Waals surface area contributed by atoms with Gasteiger partial charge in [-0.25, -0.2) is 4.68 Å². The number of benzene rings is 2. The molecule has 0 atom stereocenters. The molecule has 0 amide bonds. The predicted octanol–water partition coefficient (Wildman–Crippen LogP) is 4.45. The lowest BCUT2D eigenvalue weighted by Crippen LogP contribution is -1.96. The molecule has 0 saturated carbocycles. The van der Waals surface area contributed by atoms with E-state index in [1.165, 1.54) is 0 Å². The number of nitrogens with zero attached hydrogens (tertiary/aromatic N) is 2. The fraction of sp³-hybridized carbons (Fsp3) is 0.0625. The first-order valence-electron chi connectivity index (χ1n) is 6.40. The first kappa shape index (κ1) is 14.3. The summed E-state index contributed by atoms with van der Waals surface area (Å²) in [7, 11) is 0. The van der Waals surface area contributed by atoms with Crippen molar-refractivity contribution in [3.63, 3.8) is 0 Å². The molecule has 0 unspecified atom stereocenters. The molecular weight excluding hydrogens is 352 g/mol. The molecule has 0 bridgehead atoms. The molecule has 2 aromatic carbocycles. The molecule has 3 aromatic rings. The van der Waals surface area contributed by atoms with Crippen molar-refractivity contribution in [1.82, 2.24) is 9.78 Å². The van der Waals surface area contributed by atoms with Crippen LogP contribution in [0.25, 0.3) is 16.9 Å². The molecule has 0 radical (unpaired) electrons. The van der Waals surface area contributed by atoms with Crippen molar-refractivity contribution < 1.29 is 5.11 Å². The monoisotopic (exact) mass is 362 g/mol. The van der Waals surface area contributed by atoms with Crippen LogP contribution in [-0.2, 0) is 6.61 Å². The van der Waals surface area contributed by atoms with Crippen molar-refractivity contribution in [3.05, 3.63) is 69.8 Å². The van der Waals surface area contributed by atoms with E-state index in [2.05, 4.69) is 21.0 Å². The maximum Gasteiger partial charge on any atom is 0.139 e. The number of aliphatic hydroxyl groups is 1. The van der Waals surface area contributed by atoms with Gasteiger partial charge < -0.3 is 5.11 Å². The Kier molecular flexibility index (Phi) is 4.10. The highest BCUT2D eigenvalue weighted by Crippen LogP contribution is 2.31. The second-order valence-electron chi connectivity index (χ2n) is 4.53. The number of hydrogen-bond donors (Lipinski definition) is 1. The van der Waals surface area contributed by atoms with Crippen molar-refractivity contribution >= 4 is 27.5 Å².